The van der Waals surface area contributed by atoms with E-state index in [1.54, 1.807) is 12.0 Å². The van der Waals surface area contributed by atoms with Crippen LogP contribution < -0.4 is 5.32 Å². The fraction of sp³-hybridized carbons (Fsp3) is 0.769. The van der Waals surface area contributed by atoms with Gasteiger partial charge in [-0.3, -0.25) is 14.9 Å². The van der Waals surface area contributed by atoms with Crippen molar-refractivity contribution in [2.24, 2.45) is 5.92 Å². The molecule has 2 N–H and O–H groups in total. The van der Waals surface area contributed by atoms with Gasteiger partial charge in [-0.2, -0.15) is 0 Å². The number of hydrogen-bond acceptors (Lipinski definition) is 4. The van der Waals surface area contributed by atoms with Crippen LogP contribution in [0.4, 0.5) is 4.79 Å². The van der Waals surface area contributed by atoms with E-state index in [0.29, 0.717) is 19.1 Å². The molecule has 0 aromatic heterocycles. The van der Waals surface area contributed by atoms with E-state index in [0.717, 1.165) is 12.8 Å². The molecule has 0 spiro atoms. The number of carboxylic acid groups (broad SMARTS) is 1. The average molecular weight is 286 g/mol. The molecule has 1 saturated carbocycles. The zero-order valence-corrected chi connectivity index (χ0v) is 11.9. The first-order valence-electron chi connectivity index (χ1n) is 6.77. The van der Waals surface area contributed by atoms with Crippen molar-refractivity contribution >= 4 is 17.9 Å². The Morgan fingerprint density at radius 3 is 2.50 bits per heavy atom. The number of aliphatic carboxylic acids is 1. The van der Waals surface area contributed by atoms with Gasteiger partial charge in [0.25, 0.3) is 0 Å². The molecule has 1 atom stereocenters. The number of carbonyl (C=O) groups excluding carboxylic acids is 2. The summed E-state index contributed by atoms with van der Waals surface area (Å²) in [5.41, 5.74) is 0. The summed E-state index contributed by atoms with van der Waals surface area (Å²) in [4.78, 5) is 35.5. The Kier molecular flexibility index (Phi) is 6.44. The Balaban J connectivity index is 2.49. The van der Waals surface area contributed by atoms with Crippen molar-refractivity contribution in [3.8, 4) is 0 Å². The molecule has 0 heterocycles. The Hall–Kier alpha value is -1.63. The van der Waals surface area contributed by atoms with Crippen molar-refractivity contribution in [2.75, 3.05) is 20.3 Å². The van der Waals surface area contributed by atoms with Crippen LogP contribution in [0.2, 0.25) is 0 Å². The molecule has 0 aliphatic heterocycles. The van der Waals surface area contributed by atoms with E-state index in [2.05, 4.69) is 5.32 Å². The van der Waals surface area contributed by atoms with Gasteiger partial charge in [0.2, 0.25) is 5.91 Å². The number of imide groups is 1. The fourth-order valence-corrected chi connectivity index (χ4v) is 1.99. The molecule has 3 amide bonds. The van der Waals surface area contributed by atoms with Gasteiger partial charge in [-0.25, -0.2) is 4.79 Å². The summed E-state index contributed by atoms with van der Waals surface area (Å²) in [7, 11) is 1.55. The molecule has 1 unspecified atom stereocenters. The number of amides is 3. The van der Waals surface area contributed by atoms with Crippen LogP contribution in [0.5, 0.6) is 0 Å². The van der Waals surface area contributed by atoms with E-state index in [1.165, 1.54) is 0 Å². The number of urea groups is 1. The zero-order valence-electron chi connectivity index (χ0n) is 11.9. The van der Waals surface area contributed by atoms with Crippen molar-refractivity contribution in [2.45, 2.75) is 38.6 Å². The first-order valence-corrected chi connectivity index (χ1v) is 6.77. The van der Waals surface area contributed by atoms with Gasteiger partial charge in [0, 0.05) is 26.1 Å². The third kappa shape index (κ3) is 5.56. The van der Waals surface area contributed by atoms with E-state index >= 15 is 0 Å². The summed E-state index contributed by atoms with van der Waals surface area (Å²) in [6.07, 6.45) is 1.70. The van der Waals surface area contributed by atoms with Crippen molar-refractivity contribution in [1.82, 2.24) is 10.2 Å². The average Bonchev–Trinajstić information content (AvgIpc) is 3.20. The maximum Gasteiger partial charge on any atom is 0.324 e. The fourth-order valence-electron chi connectivity index (χ4n) is 1.99. The lowest BCUT2D eigenvalue weighted by molar-refractivity contribution is -0.138. The minimum Gasteiger partial charge on any atom is -0.481 e. The number of rotatable bonds is 8. The third-order valence-corrected chi connectivity index (χ3v) is 3.41. The minimum atomic E-state index is -1.06. The number of ether oxygens (including phenoxy) is 1. The van der Waals surface area contributed by atoms with E-state index in [1.807, 2.05) is 6.92 Å². The summed E-state index contributed by atoms with van der Waals surface area (Å²) < 4.78 is 4.97. The van der Waals surface area contributed by atoms with Gasteiger partial charge >= 0.3 is 12.0 Å². The van der Waals surface area contributed by atoms with Crippen LogP contribution in [0.1, 0.15) is 32.6 Å². The first kappa shape index (κ1) is 16.4. The summed E-state index contributed by atoms with van der Waals surface area (Å²) in [5.74, 6) is -1.15. The highest BCUT2D eigenvalue weighted by atomic mass is 16.5. The molecule has 0 aromatic carbocycles. The quantitative estimate of drug-likeness (QED) is 0.689. The highest BCUT2D eigenvalue weighted by Gasteiger charge is 2.34. The Morgan fingerprint density at radius 1 is 1.35 bits per heavy atom. The maximum absolute atomic E-state index is 12.1. The third-order valence-electron chi connectivity index (χ3n) is 3.41. The highest BCUT2D eigenvalue weighted by Crippen LogP contribution is 2.35. The molecule has 0 bridgehead atoms. The van der Waals surface area contributed by atoms with Gasteiger partial charge in [0.05, 0.1) is 13.0 Å². The lowest BCUT2D eigenvalue weighted by Crippen LogP contribution is -2.49. The van der Waals surface area contributed by atoms with Gasteiger partial charge in [0.1, 0.15) is 0 Å². The Labute approximate surface area is 118 Å². The van der Waals surface area contributed by atoms with Crippen LogP contribution in [-0.2, 0) is 14.3 Å². The topological polar surface area (TPSA) is 95.9 Å². The van der Waals surface area contributed by atoms with E-state index < -0.39 is 17.9 Å². The standard InChI is InChI=1S/C13H22N2O5/c1-9(10-3-4-10)15(7-8-20-2)13(19)14-11(16)5-6-12(17)18/h9-10H,3-8H2,1-2H3,(H,17,18)(H,14,16,19). The van der Waals surface area contributed by atoms with E-state index in [9.17, 15) is 14.4 Å². The maximum atomic E-state index is 12.1. The SMILES string of the molecule is COCCN(C(=O)NC(=O)CCC(=O)O)C(C)C1CC1. The minimum absolute atomic E-state index is 0.0532. The summed E-state index contributed by atoms with van der Waals surface area (Å²) >= 11 is 0. The van der Waals surface area contributed by atoms with Gasteiger partial charge < -0.3 is 14.7 Å². The second kappa shape index (κ2) is 7.84. The van der Waals surface area contributed by atoms with Crippen LogP contribution in [0.25, 0.3) is 0 Å². The number of methoxy groups -OCH3 is 1. The number of carbonyl (C=O) groups is 3. The summed E-state index contributed by atoms with van der Waals surface area (Å²) in [6.45, 7) is 2.76. The van der Waals surface area contributed by atoms with Crippen LogP contribution >= 0.6 is 0 Å². The number of nitrogens with one attached hydrogen (secondary N) is 1. The molecule has 7 nitrogen and oxygen atoms in total. The molecular weight excluding hydrogens is 264 g/mol. The highest BCUT2D eigenvalue weighted by molar-refractivity contribution is 5.95. The number of carboxylic acids is 1. The predicted molar refractivity (Wildman–Crippen MR) is 71.2 cm³/mol. The molecule has 20 heavy (non-hydrogen) atoms. The van der Waals surface area contributed by atoms with E-state index in [4.69, 9.17) is 9.84 Å². The van der Waals surface area contributed by atoms with Crippen molar-refractivity contribution in [1.29, 1.82) is 0 Å². The Morgan fingerprint density at radius 2 is 2.00 bits per heavy atom. The monoisotopic (exact) mass is 286 g/mol. The number of nitrogens with zero attached hydrogens (tertiary/aromatic N) is 1. The molecule has 0 aromatic rings. The molecular formula is C13H22N2O5. The molecule has 7 heteroatoms. The number of hydrogen-bond donors (Lipinski definition) is 2. The van der Waals surface area contributed by atoms with Gasteiger partial charge in [-0.1, -0.05) is 0 Å². The van der Waals surface area contributed by atoms with Gasteiger partial charge in [-0.15, -0.1) is 0 Å². The van der Waals surface area contributed by atoms with E-state index in [-0.39, 0.29) is 18.9 Å². The van der Waals surface area contributed by atoms with Crippen molar-refractivity contribution < 1.29 is 24.2 Å². The van der Waals surface area contributed by atoms with Crippen LogP contribution in [0.15, 0.2) is 0 Å². The lowest BCUT2D eigenvalue weighted by Gasteiger charge is -2.29. The lowest BCUT2D eigenvalue weighted by atomic mass is 10.2. The summed E-state index contributed by atoms with van der Waals surface area (Å²) in [6, 6.07) is -0.422. The summed E-state index contributed by atoms with van der Waals surface area (Å²) in [5, 5.41) is 10.7. The smallest absolute Gasteiger partial charge is 0.324 e. The molecule has 1 aliphatic carbocycles. The molecule has 1 aliphatic rings. The van der Waals surface area contributed by atoms with Crippen LogP contribution in [0.3, 0.4) is 0 Å². The van der Waals surface area contributed by atoms with Gasteiger partial charge in [-0.05, 0) is 25.7 Å². The predicted octanol–water partition coefficient (Wildman–Crippen LogP) is 0.834. The first-order chi connectivity index (χ1) is 9.45. The van der Waals surface area contributed by atoms with Gasteiger partial charge in [0.15, 0.2) is 0 Å². The molecule has 0 saturated heterocycles. The normalized spacial score (nSPS) is 15.5. The zero-order chi connectivity index (χ0) is 15.1. The Bertz CT molecular complexity index is 368. The molecule has 1 fully saturated rings. The molecule has 1 rings (SSSR count). The largest absolute Gasteiger partial charge is 0.481 e. The van der Waals surface area contributed by atoms with Crippen LogP contribution in [0, 0.1) is 5.92 Å². The molecule has 0 radical (unpaired) electrons. The molecule has 114 valence electrons. The van der Waals surface area contributed by atoms with Crippen molar-refractivity contribution in [3.63, 3.8) is 0 Å². The second-order valence-corrected chi connectivity index (χ2v) is 5.01. The van der Waals surface area contributed by atoms with Crippen LogP contribution in [-0.4, -0.2) is 54.2 Å². The second-order valence-electron chi connectivity index (χ2n) is 5.01. The van der Waals surface area contributed by atoms with Crippen molar-refractivity contribution in [3.05, 3.63) is 0 Å².